The quantitative estimate of drug-likeness (QED) is 0.452. The predicted molar refractivity (Wildman–Crippen MR) is 123 cm³/mol. The molecule has 31 heavy (non-hydrogen) atoms. The van der Waals surface area contributed by atoms with Gasteiger partial charge < -0.3 is 14.4 Å². The van der Waals surface area contributed by atoms with E-state index < -0.39 is 0 Å². The summed E-state index contributed by atoms with van der Waals surface area (Å²) in [4.78, 5) is 16.1. The van der Waals surface area contributed by atoms with Gasteiger partial charge in [0.15, 0.2) is 11.5 Å². The van der Waals surface area contributed by atoms with Crippen LogP contribution < -0.4 is 14.4 Å². The second-order valence-electron chi connectivity index (χ2n) is 7.86. The van der Waals surface area contributed by atoms with E-state index in [0.29, 0.717) is 18.1 Å². The van der Waals surface area contributed by atoms with Crippen molar-refractivity contribution >= 4 is 27.6 Å². The Morgan fingerprint density at radius 1 is 0.903 bits per heavy atom. The number of methoxy groups -OCH3 is 1. The molecule has 1 saturated heterocycles. The zero-order valence-electron chi connectivity index (χ0n) is 17.8. The van der Waals surface area contributed by atoms with Gasteiger partial charge in [0.1, 0.15) is 12.1 Å². The van der Waals surface area contributed by atoms with Crippen LogP contribution in [0.15, 0.2) is 54.9 Å². The Bertz CT molecular complexity index is 1200. The topological polar surface area (TPSA) is 60.4 Å². The lowest BCUT2D eigenvalue weighted by molar-refractivity contribution is 0.297. The third-order valence-corrected chi connectivity index (χ3v) is 5.83. The van der Waals surface area contributed by atoms with E-state index in [1.54, 1.807) is 13.4 Å². The highest BCUT2D eigenvalue weighted by molar-refractivity contribution is 5.92. The number of piperidine rings is 1. The molecule has 0 unspecified atom stereocenters. The molecule has 158 valence electrons. The summed E-state index contributed by atoms with van der Waals surface area (Å²) in [6.45, 7) is 2.57. The number of nitrogens with zero attached hydrogens (tertiary/aromatic N) is 4. The number of aromatic nitrogens is 3. The summed E-state index contributed by atoms with van der Waals surface area (Å²) in [5.41, 5.74) is 2.89. The maximum atomic E-state index is 6.16. The molecule has 0 spiro atoms. The first-order valence-corrected chi connectivity index (χ1v) is 10.9. The van der Waals surface area contributed by atoms with E-state index in [1.807, 2.05) is 30.3 Å². The maximum Gasteiger partial charge on any atom is 0.162 e. The van der Waals surface area contributed by atoms with Crippen LogP contribution in [0.25, 0.3) is 21.8 Å². The molecule has 4 aromatic rings. The normalized spacial score (nSPS) is 14.2. The van der Waals surface area contributed by atoms with Gasteiger partial charge in [-0.25, -0.2) is 9.97 Å². The average Bonchev–Trinajstić information content (AvgIpc) is 2.83. The minimum absolute atomic E-state index is 0.514. The molecule has 3 heterocycles. The van der Waals surface area contributed by atoms with Crippen molar-refractivity contribution in [2.75, 3.05) is 31.7 Å². The summed E-state index contributed by atoms with van der Waals surface area (Å²) in [7, 11) is 1.66. The van der Waals surface area contributed by atoms with Gasteiger partial charge >= 0.3 is 0 Å². The standard InChI is InChI=1S/C25H26N4O2/c1-30-23-16-22-20(25(27-17-26-22)29-12-5-2-6-13-29)15-24(23)31-14-11-19-10-9-18-7-3-4-8-21(18)28-19/h3-4,7-10,15-17H,2,5-6,11-14H2,1H3. The van der Waals surface area contributed by atoms with Crippen molar-refractivity contribution in [1.29, 1.82) is 0 Å². The van der Waals surface area contributed by atoms with Gasteiger partial charge in [0.25, 0.3) is 0 Å². The smallest absolute Gasteiger partial charge is 0.162 e. The predicted octanol–water partition coefficient (Wildman–Crippen LogP) is 4.80. The summed E-state index contributed by atoms with van der Waals surface area (Å²) >= 11 is 0. The molecule has 2 aromatic carbocycles. The Morgan fingerprint density at radius 2 is 1.77 bits per heavy atom. The highest BCUT2D eigenvalue weighted by Gasteiger charge is 2.18. The van der Waals surface area contributed by atoms with Crippen LogP contribution in [0.2, 0.25) is 0 Å². The monoisotopic (exact) mass is 414 g/mol. The number of anilines is 1. The van der Waals surface area contributed by atoms with E-state index in [0.717, 1.165) is 52.8 Å². The van der Waals surface area contributed by atoms with Gasteiger partial charge in [-0.3, -0.25) is 4.98 Å². The first-order chi connectivity index (χ1) is 15.3. The fourth-order valence-electron chi connectivity index (χ4n) is 4.19. The van der Waals surface area contributed by atoms with Crippen molar-refractivity contribution in [3.8, 4) is 11.5 Å². The Labute approximate surface area is 181 Å². The van der Waals surface area contributed by atoms with Crippen LogP contribution in [-0.4, -0.2) is 41.8 Å². The summed E-state index contributed by atoms with van der Waals surface area (Å²) < 4.78 is 11.7. The molecule has 0 bridgehead atoms. The van der Waals surface area contributed by atoms with E-state index in [2.05, 4.69) is 33.1 Å². The first kappa shape index (κ1) is 19.5. The molecule has 0 N–H and O–H groups in total. The van der Waals surface area contributed by atoms with E-state index in [-0.39, 0.29) is 0 Å². The minimum Gasteiger partial charge on any atom is -0.493 e. The van der Waals surface area contributed by atoms with Gasteiger partial charge in [-0.05, 0) is 37.5 Å². The molecule has 0 atom stereocenters. The number of fused-ring (bicyclic) bond motifs is 2. The number of para-hydroxylation sites is 1. The maximum absolute atomic E-state index is 6.16. The van der Waals surface area contributed by atoms with Gasteiger partial charge in [0.05, 0.1) is 24.8 Å². The second-order valence-corrected chi connectivity index (χ2v) is 7.86. The van der Waals surface area contributed by atoms with Crippen LogP contribution >= 0.6 is 0 Å². The van der Waals surface area contributed by atoms with Crippen molar-refractivity contribution in [2.24, 2.45) is 0 Å². The molecule has 2 aromatic heterocycles. The fraction of sp³-hybridized carbons (Fsp3) is 0.320. The molecule has 0 radical (unpaired) electrons. The van der Waals surface area contributed by atoms with Crippen LogP contribution in [0.5, 0.6) is 11.5 Å². The molecule has 1 aliphatic rings. The molecular formula is C25H26N4O2. The number of hydrogen-bond acceptors (Lipinski definition) is 6. The molecule has 5 rings (SSSR count). The van der Waals surface area contributed by atoms with Gasteiger partial charge in [-0.2, -0.15) is 0 Å². The fourth-order valence-corrected chi connectivity index (χ4v) is 4.19. The molecule has 0 amide bonds. The van der Waals surface area contributed by atoms with Gasteiger partial charge in [-0.1, -0.05) is 24.3 Å². The number of hydrogen-bond donors (Lipinski definition) is 0. The molecule has 0 aliphatic carbocycles. The van der Waals surface area contributed by atoms with Crippen molar-refractivity contribution in [3.63, 3.8) is 0 Å². The zero-order chi connectivity index (χ0) is 21.0. The molecule has 6 nitrogen and oxygen atoms in total. The van der Waals surface area contributed by atoms with Crippen molar-refractivity contribution in [2.45, 2.75) is 25.7 Å². The lowest BCUT2D eigenvalue weighted by Crippen LogP contribution is -2.30. The minimum atomic E-state index is 0.514. The Morgan fingerprint density at radius 3 is 2.65 bits per heavy atom. The third-order valence-electron chi connectivity index (χ3n) is 5.83. The van der Waals surface area contributed by atoms with Crippen molar-refractivity contribution in [3.05, 3.63) is 60.6 Å². The third kappa shape index (κ3) is 4.10. The summed E-state index contributed by atoms with van der Waals surface area (Å²) in [5.74, 6) is 2.37. The summed E-state index contributed by atoms with van der Waals surface area (Å²) in [6, 6.07) is 16.3. The van der Waals surface area contributed by atoms with Crippen LogP contribution in [0.1, 0.15) is 25.0 Å². The average molecular weight is 415 g/mol. The zero-order valence-corrected chi connectivity index (χ0v) is 17.8. The Hall–Kier alpha value is -3.41. The van der Waals surface area contributed by atoms with Crippen LogP contribution in [-0.2, 0) is 6.42 Å². The molecular weight excluding hydrogens is 388 g/mol. The first-order valence-electron chi connectivity index (χ1n) is 10.9. The van der Waals surface area contributed by atoms with Gasteiger partial charge in [0, 0.05) is 42.0 Å². The number of rotatable bonds is 6. The van der Waals surface area contributed by atoms with Crippen molar-refractivity contribution < 1.29 is 9.47 Å². The highest BCUT2D eigenvalue weighted by Crippen LogP contribution is 2.35. The van der Waals surface area contributed by atoms with E-state index >= 15 is 0 Å². The van der Waals surface area contributed by atoms with Crippen LogP contribution in [0.4, 0.5) is 5.82 Å². The molecule has 1 fully saturated rings. The van der Waals surface area contributed by atoms with E-state index in [1.165, 1.54) is 19.3 Å². The number of ether oxygens (including phenoxy) is 2. The second kappa shape index (κ2) is 8.76. The molecule has 1 aliphatic heterocycles. The van der Waals surface area contributed by atoms with Crippen LogP contribution in [0, 0.1) is 0 Å². The van der Waals surface area contributed by atoms with Crippen molar-refractivity contribution in [1.82, 2.24) is 15.0 Å². The number of benzene rings is 2. The lowest BCUT2D eigenvalue weighted by Gasteiger charge is -2.28. The highest BCUT2D eigenvalue weighted by atomic mass is 16.5. The molecule has 6 heteroatoms. The molecule has 0 saturated carbocycles. The van der Waals surface area contributed by atoms with Gasteiger partial charge in [-0.15, -0.1) is 0 Å². The van der Waals surface area contributed by atoms with Gasteiger partial charge in [0.2, 0.25) is 0 Å². The SMILES string of the molecule is COc1cc2ncnc(N3CCCCC3)c2cc1OCCc1ccc2ccccc2n1. The number of pyridine rings is 1. The summed E-state index contributed by atoms with van der Waals surface area (Å²) in [5, 5.41) is 2.15. The lowest BCUT2D eigenvalue weighted by atomic mass is 10.1. The Kier molecular flexibility index (Phi) is 5.52. The summed E-state index contributed by atoms with van der Waals surface area (Å²) in [6.07, 6.45) is 6.03. The van der Waals surface area contributed by atoms with Crippen LogP contribution in [0.3, 0.4) is 0 Å². The Balaban J connectivity index is 1.38. The largest absolute Gasteiger partial charge is 0.493 e. The van der Waals surface area contributed by atoms with E-state index in [9.17, 15) is 0 Å². The van der Waals surface area contributed by atoms with E-state index in [4.69, 9.17) is 14.5 Å².